The molecular formula is C34H40N4O6. The number of phenols is 1. The van der Waals surface area contributed by atoms with E-state index < -0.39 is 17.9 Å². The molecule has 4 rings (SSSR count). The number of ether oxygens (including phenoxy) is 3. The number of phenolic OH excluding ortho intramolecular Hbond substituents is 1. The van der Waals surface area contributed by atoms with E-state index in [9.17, 15) is 20.0 Å². The van der Waals surface area contributed by atoms with Crippen LogP contribution in [0.2, 0.25) is 0 Å². The molecule has 0 aromatic heterocycles. The van der Waals surface area contributed by atoms with Gasteiger partial charge in [-0.15, -0.1) is 0 Å². The lowest BCUT2D eigenvalue weighted by Gasteiger charge is -2.29. The molecule has 0 unspecified atom stereocenters. The van der Waals surface area contributed by atoms with Gasteiger partial charge in [0.2, 0.25) is 0 Å². The number of amides is 1. The van der Waals surface area contributed by atoms with Crippen molar-refractivity contribution in [2.75, 3.05) is 57.6 Å². The molecule has 0 spiro atoms. The van der Waals surface area contributed by atoms with Crippen molar-refractivity contribution < 1.29 is 28.9 Å². The molecule has 3 aromatic carbocycles. The first-order valence-corrected chi connectivity index (χ1v) is 15.0. The highest BCUT2D eigenvalue weighted by Gasteiger charge is 2.14. The van der Waals surface area contributed by atoms with Gasteiger partial charge in [-0.3, -0.25) is 9.59 Å². The van der Waals surface area contributed by atoms with Crippen molar-refractivity contribution in [2.45, 2.75) is 31.7 Å². The number of carbonyl (C=O) groups is 2. The molecule has 1 saturated heterocycles. The van der Waals surface area contributed by atoms with Crippen LogP contribution in [0.1, 0.15) is 42.9 Å². The molecule has 10 nitrogen and oxygen atoms in total. The first-order valence-electron chi connectivity index (χ1n) is 15.0. The molecule has 0 aliphatic carbocycles. The van der Waals surface area contributed by atoms with Gasteiger partial charge in [-0.25, -0.2) is 0 Å². The lowest BCUT2D eigenvalue weighted by Crippen LogP contribution is -2.29. The van der Waals surface area contributed by atoms with Gasteiger partial charge in [0.05, 0.1) is 32.8 Å². The third-order valence-corrected chi connectivity index (χ3v) is 7.35. The number of benzene rings is 3. The number of nitriles is 1. The van der Waals surface area contributed by atoms with E-state index in [-0.39, 0.29) is 44.1 Å². The van der Waals surface area contributed by atoms with Crippen molar-refractivity contribution in [1.82, 2.24) is 5.32 Å². The number of piperidine rings is 1. The Morgan fingerprint density at radius 2 is 1.61 bits per heavy atom. The summed E-state index contributed by atoms with van der Waals surface area (Å²) in [5, 5.41) is 23.8. The fourth-order valence-corrected chi connectivity index (χ4v) is 4.95. The first-order chi connectivity index (χ1) is 21.4. The minimum Gasteiger partial charge on any atom is -0.508 e. The van der Waals surface area contributed by atoms with Crippen molar-refractivity contribution >= 4 is 34.4 Å². The van der Waals surface area contributed by atoms with Gasteiger partial charge >= 0.3 is 5.97 Å². The smallest absolute Gasteiger partial charge is 0.307 e. The van der Waals surface area contributed by atoms with Crippen molar-refractivity contribution in [2.24, 2.45) is 5.73 Å². The summed E-state index contributed by atoms with van der Waals surface area (Å²) in [6.07, 6.45) is 5.36. The summed E-state index contributed by atoms with van der Waals surface area (Å²) in [6, 6.07) is 20.2. The highest BCUT2D eigenvalue weighted by Crippen LogP contribution is 2.26. The van der Waals surface area contributed by atoms with E-state index in [1.807, 2.05) is 24.3 Å². The number of fused-ring (bicyclic) bond motifs is 1. The predicted octanol–water partition coefficient (Wildman–Crippen LogP) is 4.23. The number of esters is 1. The fourth-order valence-electron chi connectivity index (χ4n) is 4.95. The molecule has 3 aromatic rings. The number of nitrogens with one attached hydrogen (secondary N) is 1. The molecule has 1 aliphatic rings. The Morgan fingerprint density at radius 1 is 0.932 bits per heavy atom. The van der Waals surface area contributed by atoms with Crippen LogP contribution in [0.5, 0.6) is 5.75 Å². The Bertz CT molecular complexity index is 1460. The molecule has 1 aliphatic heterocycles. The van der Waals surface area contributed by atoms with E-state index in [0.29, 0.717) is 13.2 Å². The summed E-state index contributed by atoms with van der Waals surface area (Å²) >= 11 is 0. The molecule has 1 heterocycles. The van der Waals surface area contributed by atoms with Gasteiger partial charge in [0.25, 0.3) is 5.91 Å². The molecule has 1 amide bonds. The topological polar surface area (TPSA) is 147 Å². The van der Waals surface area contributed by atoms with E-state index in [4.69, 9.17) is 19.9 Å². The molecule has 10 heteroatoms. The van der Waals surface area contributed by atoms with Crippen LogP contribution in [0.15, 0.2) is 66.2 Å². The van der Waals surface area contributed by atoms with E-state index in [0.717, 1.165) is 35.0 Å². The molecule has 0 radical (unpaired) electrons. The maximum Gasteiger partial charge on any atom is 0.307 e. The zero-order valence-electron chi connectivity index (χ0n) is 24.9. The molecule has 232 valence electrons. The molecule has 0 bridgehead atoms. The molecule has 0 saturated carbocycles. The summed E-state index contributed by atoms with van der Waals surface area (Å²) < 4.78 is 16.0. The summed E-state index contributed by atoms with van der Waals surface area (Å²) in [5.41, 5.74) is 8.77. The minimum atomic E-state index is -0.519. The largest absolute Gasteiger partial charge is 0.508 e. The Labute approximate surface area is 258 Å². The first kappa shape index (κ1) is 32.5. The third-order valence-electron chi connectivity index (χ3n) is 7.35. The molecule has 4 N–H and O–H groups in total. The average molecular weight is 601 g/mol. The monoisotopic (exact) mass is 600 g/mol. The van der Waals surface area contributed by atoms with Crippen LogP contribution in [0.25, 0.3) is 16.8 Å². The van der Waals surface area contributed by atoms with E-state index in [2.05, 4.69) is 28.4 Å². The molecule has 1 atom stereocenters. The van der Waals surface area contributed by atoms with Gasteiger partial charge < -0.3 is 35.3 Å². The standard InChI is InChI=1S/C34H40N4O6/c35-24-29(21-25-4-5-28-22-30(9-6-27(28)20-25)38-13-2-1-3-14-38)34(41)37-12-15-42-16-17-43-18-19-44-33(40)23-32(36)26-7-10-31(39)11-8-26/h4-11,20-22,32,39H,1-3,12-19,23,36H2,(H,37,41)/b29-21+/t32-/m1/s1. The number of anilines is 1. The molecular weight excluding hydrogens is 560 g/mol. The second-order valence-electron chi connectivity index (χ2n) is 10.6. The fraction of sp³-hybridized carbons (Fsp3) is 0.382. The highest BCUT2D eigenvalue weighted by molar-refractivity contribution is 6.02. The number of aromatic hydroxyl groups is 1. The van der Waals surface area contributed by atoms with Crippen LogP contribution in [-0.4, -0.2) is 69.7 Å². The number of nitrogens with zero attached hydrogens (tertiary/aromatic N) is 2. The number of carbonyl (C=O) groups excluding carboxylic acids is 2. The number of rotatable bonds is 15. The summed E-state index contributed by atoms with van der Waals surface area (Å²) in [6.45, 7) is 3.58. The zero-order chi connectivity index (χ0) is 31.1. The van der Waals surface area contributed by atoms with E-state index >= 15 is 0 Å². The Hall–Kier alpha value is -4.43. The van der Waals surface area contributed by atoms with Gasteiger partial charge in [0.15, 0.2) is 0 Å². The normalized spacial score (nSPS) is 14.2. The van der Waals surface area contributed by atoms with E-state index in [1.54, 1.807) is 18.2 Å². The summed E-state index contributed by atoms with van der Waals surface area (Å²) in [5.74, 6) is -0.761. The van der Waals surface area contributed by atoms with Crippen LogP contribution < -0.4 is 16.0 Å². The van der Waals surface area contributed by atoms with Crippen LogP contribution >= 0.6 is 0 Å². The van der Waals surface area contributed by atoms with Gasteiger partial charge in [-0.1, -0.05) is 30.3 Å². The molecule has 44 heavy (non-hydrogen) atoms. The lowest BCUT2D eigenvalue weighted by atomic mass is 10.0. The van der Waals surface area contributed by atoms with Crippen LogP contribution in [-0.2, 0) is 23.8 Å². The van der Waals surface area contributed by atoms with Gasteiger partial charge in [0, 0.05) is 31.4 Å². The second kappa shape index (κ2) is 17.0. The number of hydrogen-bond acceptors (Lipinski definition) is 9. The Morgan fingerprint density at radius 3 is 2.36 bits per heavy atom. The van der Waals surface area contributed by atoms with E-state index in [1.165, 1.54) is 37.1 Å². The SMILES string of the molecule is N#C/C(=C\c1ccc2cc(N3CCCCC3)ccc2c1)C(=O)NCCOCCOCCOC(=O)C[C@@H](N)c1ccc(O)cc1. The Kier molecular flexibility index (Phi) is 12.6. The third kappa shape index (κ3) is 10.1. The van der Waals surface area contributed by atoms with Crippen molar-refractivity contribution in [1.29, 1.82) is 5.26 Å². The Balaban J connectivity index is 1.08. The average Bonchev–Trinajstić information content (AvgIpc) is 3.04. The summed E-state index contributed by atoms with van der Waals surface area (Å²) in [4.78, 5) is 26.9. The van der Waals surface area contributed by atoms with Crippen molar-refractivity contribution in [3.63, 3.8) is 0 Å². The minimum absolute atomic E-state index is 0.0181. The quantitative estimate of drug-likeness (QED) is 0.101. The predicted molar refractivity (Wildman–Crippen MR) is 169 cm³/mol. The zero-order valence-corrected chi connectivity index (χ0v) is 24.9. The van der Waals surface area contributed by atoms with Crippen LogP contribution in [0, 0.1) is 11.3 Å². The van der Waals surface area contributed by atoms with Crippen molar-refractivity contribution in [3.8, 4) is 11.8 Å². The maximum atomic E-state index is 12.5. The second-order valence-corrected chi connectivity index (χ2v) is 10.6. The number of hydrogen-bond donors (Lipinski definition) is 3. The van der Waals surface area contributed by atoms with Gasteiger partial charge in [-0.05, 0) is 77.6 Å². The van der Waals surface area contributed by atoms with Crippen LogP contribution in [0.4, 0.5) is 5.69 Å². The van der Waals surface area contributed by atoms with Crippen molar-refractivity contribution in [3.05, 3.63) is 77.4 Å². The summed E-state index contributed by atoms with van der Waals surface area (Å²) in [7, 11) is 0. The number of nitrogens with two attached hydrogens (primary N) is 1. The molecule has 1 fully saturated rings. The maximum absolute atomic E-state index is 12.5. The lowest BCUT2D eigenvalue weighted by molar-refractivity contribution is -0.145. The van der Waals surface area contributed by atoms with Crippen LogP contribution in [0.3, 0.4) is 0 Å². The highest BCUT2D eigenvalue weighted by atomic mass is 16.6. The van der Waals surface area contributed by atoms with Gasteiger partial charge in [0.1, 0.15) is 24.0 Å². The van der Waals surface area contributed by atoms with Gasteiger partial charge in [-0.2, -0.15) is 5.26 Å².